The monoisotopic (exact) mass is 315 g/mol. The fraction of sp³-hybridized carbons (Fsp3) is 0.0588. The highest BCUT2D eigenvalue weighted by Gasteiger charge is 2.09. The van der Waals surface area contributed by atoms with E-state index >= 15 is 0 Å². The number of halogens is 1. The van der Waals surface area contributed by atoms with Gasteiger partial charge in [0.1, 0.15) is 5.03 Å². The first-order chi connectivity index (χ1) is 10.6. The quantitative estimate of drug-likeness (QED) is 0.691. The molecule has 0 fully saturated rings. The molecule has 0 saturated heterocycles. The number of rotatable bonds is 4. The van der Waals surface area contributed by atoms with Gasteiger partial charge >= 0.3 is 5.97 Å². The Balaban J connectivity index is 2.05. The van der Waals surface area contributed by atoms with Gasteiger partial charge in [-0.2, -0.15) is 0 Å². The molecular weight excluding hydrogens is 302 g/mol. The number of carbonyl (C=O) groups is 2. The molecule has 2 rings (SSSR count). The van der Waals surface area contributed by atoms with E-state index in [0.717, 1.165) is 5.56 Å². The molecule has 0 aliphatic heterocycles. The van der Waals surface area contributed by atoms with Crippen LogP contribution in [0.25, 0.3) is 6.08 Å². The first-order valence-corrected chi connectivity index (χ1v) is 6.90. The molecule has 22 heavy (non-hydrogen) atoms. The summed E-state index contributed by atoms with van der Waals surface area (Å²) in [6.45, 7) is 0. The van der Waals surface area contributed by atoms with Gasteiger partial charge in [0.05, 0.1) is 12.7 Å². The average Bonchev–Trinajstić information content (AvgIpc) is 2.55. The third-order valence-electron chi connectivity index (χ3n) is 2.87. The molecule has 5 heteroatoms. The van der Waals surface area contributed by atoms with Crippen molar-refractivity contribution >= 4 is 35.2 Å². The number of esters is 1. The highest BCUT2D eigenvalue weighted by atomic mass is 35.5. The van der Waals surface area contributed by atoms with Crippen LogP contribution in [0.5, 0.6) is 0 Å². The zero-order valence-corrected chi connectivity index (χ0v) is 12.6. The van der Waals surface area contributed by atoms with Gasteiger partial charge in [-0.3, -0.25) is 4.79 Å². The van der Waals surface area contributed by atoms with Crippen molar-refractivity contribution in [2.24, 2.45) is 0 Å². The number of hydrogen-bond donors (Lipinski definition) is 1. The van der Waals surface area contributed by atoms with Crippen molar-refractivity contribution in [2.45, 2.75) is 0 Å². The lowest BCUT2D eigenvalue weighted by molar-refractivity contribution is -0.112. The Kier molecular flexibility index (Phi) is 5.33. The van der Waals surface area contributed by atoms with Crippen molar-refractivity contribution in [1.82, 2.24) is 0 Å². The van der Waals surface area contributed by atoms with Gasteiger partial charge in [0.25, 0.3) is 5.91 Å². The van der Waals surface area contributed by atoms with E-state index in [9.17, 15) is 9.59 Å². The number of amides is 1. The van der Waals surface area contributed by atoms with Crippen LogP contribution < -0.4 is 5.32 Å². The maximum absolute atomic E-state index is 12.0. The largest absolute Gasteiger partial charge is 0.465 e. The zero-order valence-electron chi connectivity index (χ0n) is 11.9. The van der Waals surface area contributed by atoms with Crippen molar-refractivity contribution < 1.29 is 14.3 Å². The second-order valence-corrected chi connectivity index (χ2v) is 4.83. The summed E-state index contributed by atoms with van der Waals surface area (Å²) in [6.07, 6.45) is 1.58. The smallest absolute Gasteiger partial charge is 0.337 e. The van der Waals surface area contributed by atoms with E-state index in [2.05, 4.69) is 10.1 Å². The predicted octanol–water partition coefficient (Wildman–Crippen LogP) is 3.69. The Morgan fingerprint density at radius 3 is 2.27 bits per heavy atom. The molecule has 0 radical (unpaired) electrons. The minimum atomic E-state index is -0.431. The lowest BCUT2D eigenvalue weighted by Gasteiger charge is -2.05. The molecule has 0 bridgehead atoms. The molecule has 0 aliphatic rings. The summed E-state index contributed by atoms with van der Waals surface area (Å²) in [7, 11) is 1.31. The van der Waals surface area contributed by atoms with Gasteiger partial charge in [0.2, 0.25) is 0 Å². The van der Waals surface area contributed by atoms with Gasteiger partial charge in [0, 0.05) is 5.69 Å². The number of nitrogens with one attached hydrogen (secondary N) is 1. The molecule has 1 amide bonds. The molecule has 1 N–H and O–H groups in total. The van der Waals surface area contributed by atoms with Crippen LogP contribution in [0.4, 0.5) is 5.69 Å². The predicted molar refractivity (Wildman–Crippen MR) is 86.7 cm³/mol. The van der Waals surface area contributed by atoms with Crippen LogP contribution in [0, 0.1) is 0 Å². The molecule has 4 nitrogen and oxygen atoms in total. The van der Waals surface area contributed by atoms with E-state index in [1.54, 1.807) is 30.3 Å². The maximum atomic E-state index is 12.0. The van der Waals surface area contributed by atoms with Gasteiger partial charge in [0.15, 0.2) is 0 Å². The summed E-state index contributed by atoms with van der Waals surface area (Å²) in [5, 5.41) is 2.73. The normalized spacial score (nSPS) is 10.9. The summed E-state index contributed by atoms with van der Waals surface area (Å²) in [6, 6.07) is 15.6. The molecule has 0 saturated carbocycles. The van der Waals surface area contributed by atoms with Crippen LogP contribution in [-0.2, 0) is 9.53 Å². The molecule has 2 aromatic carbocycles. The third-order valence-corrected chi connectivity index (χ3v) is 3.15. The highest BCUT2D eigenvalue weighted by Crippen LogP contribution is 2.15. The van der Waals surface area contributed by atoms with Crippen molar-refractivity contribution in [3.05, 3.63) is 70.8 Å². The first-order valence-electron chi connectivity index (χ1n) is 6.52. The van der Waals surface area contributed by atoms with Crippen molar-refractivity contribution in [3.8, 4) is 0 Å². The van der Waals surface area contributed by atoms with E-state index in [-0.39, 0.29) is 5.03 Å². The molecule has 0 heterocycles. The van der Waals surface area contributed by atoms with Gasteiger partial charge in [-0.05, 0) is 35.9 Å². The number of anilines is 1. The SMILES string of the molecule is COC(=O)c1ccc(NC(=O)/C(Cl)=C/c2ccccc2)cc1. The Labute approximate surface area is 133 Å². The van der Waals surface area contributed by atoms with Crippen LogP contribution >= 0.6 is 11.6 Å². The lowest BCUT2D eigenvalue weighted by atomic mass is 10.2. The minimum Gasteiger partial charge on any atom is -0.465 e. The fourth-order valence-corrected chi connectivity index (χ4v) is 1.93. The second kappa shape index (κ2) is 7.43. The lowest BCUT2D eigenvalue weighted by Crippen LogP contribution is -2.11. The van der Waals surface area contributed by atoms with Crippen LogP contribution in [0.15, 0.2) is 59.6 Å². The van der Waals surface area contributed by atoms with Crippen molar-refractivity contribution in [2.75, 3.05) is 12.4 Å². The summed E-state index contributed by atoms with van der Waals surface area (Å²) < 4.78 is 4.61. The molecule has 0 aliphatic carbocycles. The van der Waals surface area contributed by atoms with Crippen LogP contribution in [-0.4, -0.2) is 19.0 Å². The maximum Gasteiger partial charge on any atom is 0.337 e. The topological polar surface area (TPSA) is 55.4 Å². The molecule has 0 unspecified atom stereocenters. The molecule has 2 aromatic rings. The van der Waals surface area contributed by atoms with Gasteiger partial charge in [-0.25, -0.2) is 4.79 Å². The van der Waals surface area contributed by atoms with Gasteiger partial charge in [-0.15, -0.1) is 0 Å². The molecule has 0 aromatic heterocycles. The first kappa shape index (κ1) is 15.8. The Hall–Kier alpha value is -2.59. The Morgan fingerprint density at radius 1 is 1.05 bits per heavy atom. The number of ether oxygens (including phenoxy) is 1. The Bertz CT molecular complexity index is 694. The van der Waals surface area contributed by atoms with E-state index in [4.69, 9.17) is 11.6 Å². The second-order valence-electron chi connectivity index (χ2n) is 4.43. The van der Waals surface area contributed by atoms with E-state index in [1.165, 1.54) is 7.11 Å². The number of methoxy groups -OCH3 is 1. The average molecular weight is 316 g/mol. The van der Waals surface area contributed by atoms with E-state index in [0.29, 0.717) is 11.3 Å². The Morgan fingerprint density at radius 2 is 1.68 bits per heavy atom. The number of carbonyl (C=O) groups excluding carboxylic acids is 2. The van der Waals surface area contributed by atoms with Gasteiger partial charge < -0.3 is 10.1 Å². The van der Waals surface area contributed by atoms with Gasteiger partial charge in [-0.1, -0.05) is 41.9 Å². The van der Waals surface area contributed by atoms with Crippen LogP contribution in [0.3, 0.4) is 0 Å². The minimum absolute atomic E-state index is 0.0724. The van der Waals surface area contributed by atoms with Crippen LogP contribution in [0.1, 0.15) is 15.9 Å². The summed E-state index contributed by atoms with van der Waals surface area (Å²) in [5.41, 5.74) is 1.78. The highest BCUT2D eigenvalue weighted by molar-refractivity contribution is 6.45. The molecule has 0 spiro atoms. The van der Waals surface area contributed by atoms with Crippen LogP contribution in [0.2, 0.25) is 0 Å². The fourth-order valence-electron chi connectivity index (χ4n) is 1.76. The number of benzene rings is 2. The zero-order chi connectivity index (χ0) is 15.9. The molecule has 112 valence electrons. The standard InChI is InChI=1S/C17H14ClNO3/c1-22-17(21)13-7-9-14(10-8-13)19-16(20)15(18)11-12-5-3-2-4-6-12/h2-11H,1H3,(H,19,20)/b15-11-. The summed E-state index contributed by atoms with van der Waals surface area (Å²) in [4.78, 5) is 23.3. The summed E-state index contributed by atoms with van der Waals surface area (Å²) in [5.74, 6) is -0.851. The third kappa shape index (κ3) is 4.20. The molecular formula is C17H14ClNO3. The number of hydrogen-bond acceptors (Lipinski definition) is 3. The van der Waals surface area contributed by atoms with Crippen molar-refractivity contribution in [3.63, 3.8) is 0 Å². The molecule has 0 atom stereocenters. The van der Waals surface area contributed by atoms with E-state index in [1.807, 2.05) is 30.3 Å². The van der Waals surface area contributed by atoms with E-state index < -0.39 is 11.9 Å². The van der Waals surface area contributed by atoms with Crippen molar-refractivity contribution in [1.29, 1.82) is 0 Å². The summed E-state index contributed by atoms with van der Waals surface area (Å²) >= 11 is 5.99.